The van der Waals surface area contributed by atoms with Crippen LogP contribution in [0, 0.1) is 0 Å². The summed E-state index contributed by atoms with van der Waals surface area (Å²) < 4.78 is 29.6. The fraction of sp³-hybridized carbons (Fsp3) is 0.417. The molecule has 0 radical (unpaired) electrons. The van der Waals surface area contributed by atoms with Crippen molar-refractivity contribution in [2.45, 2.75) is 32.3 Å². The van der Waals surface area contributed by atoms with Crippen molar-refractivity contribution in [3.05, 3.63) is 29.8 Å². The largest absolute Gasteiger partial charge is 0.501 e. The summed E-state index contributed by atoms with van der Waals surface area (Å²) >= 11 is 0. The first-order chi connectivity index (χ1) is 7.86. The minimum Gasteiger partial charge on any atom is -0.474 e. The predicted octanol–water partition coefficient (Wildman–Crippen LogP) is 3.26. The standard InChI is InChI=1S/C12H14F2O3/c1-3-8(2)9-4-6-10(7-5-9)17-12(13,14)11(15)16/h4-8H,3H2,1-2H3,(H,15,16). The highest BCUT2D eigenvalue weighted by Crippen LogP contribution is 2.25. The predicted molar refractivity (Wildman–Crippen MR) is 58.4 cm³/mol. The molecule has 1 rings (SSSR count). The second-order valence-corrected chi connectivity index (χ2v) is 3.80. The van der Waals surface area contributed by atoms with Crippen molar-refractivity contribution in [1.82, 2.24) is 0 Å². The Hall–Kier alpha value is -1.65. The van der Waals surface area contributed by atoms with Crippen LogP contribution < -0.4 is 4.74 Å². The number of halogens is 2. The number of carboxylic acids is 1. The van der Waals surface area contributed by atoms with Gasteiger partial charge in [0.2, 0.25) is 0 Å². The fourth-order valence-electron chi connectivity index (χ4n) is 1.29. The van der Waals surface area contributed by atoms with Crippen molar-refractivity contribution >= 4 is 5.97 Å². The molecule has 0 heterocycles. The zero-order chi connectivity index (χ0) is 13.1. The summed E-state index contributed by atoms with van der Waals surface area (Å²) in [4.78, 5) is 10.2. The van der Waals surface area contributed by atoms with E-state index in [-0.39, 0.29) is 5.75 Å². The summed E-state index contributed by atoms with van der Waals surface area (Å²) in [5.74, 6) is -2.14. The molecule has 0 aliphatic heterocycles. The Morgan fingerprint density at radius 1 is 1.41 bits per heavy atom. The SMILES string of the molecule is CCC(C)c1ccc(OC(F)(F)C(=O)O)cc1. The minimum atomic E-state index is -4.20. The second kappa shape index (κ2) is 5.12. The quantitative estimate of drug-likeness (QED) is 0.864. The fourth-order valence-corrected chi connectivity index (χ4v) is 1.29. The first-order valence-electron chi connectivity index (χ1n) is 5.27. The molecule has 1 aromatic rings. The van der Waals surface area contributed by atoms with Crippen LogP contribution in [0.5, 0.6) is 5.75 Å². The van der Waals surface area contributed by atoms with Gasteiger partial charge in [-0.05, 0) is 30.0 Å². The monoisotopic (exact) mass is 244 g/mol. The molecule has 0 aliphatic rings. The molecule has 1 N–H and O–H groups in total. The van der Waals surface area contributed by atoms with Gasteiger partial charge in [-0.2, -0.15) is 8.78 Å². The van der Waals surface area contributed by atoms with Gasteiger partial charge in [0.15, 0.2) is 0 Å². The average molecular weight is 244 g/mol. The smallest absolute Gasteiger partial charge is 0.474 e. The van der Waals surface area contributed by atoms with E-state index in [2.05, 4.69) is 4.74 Å². The number of alkyl halides is 2. The topological polar surface area (TPSA) is 46.5 Å². The van der Waals surface area contributed by atoms with E-state index in [0.29, 0.717) is 5.92 Å². The van der Waals surface area contributed by atoms with Crippen LogP contribution in [0.2, 0.25) is 0 Å². The third kappa shape index (κ3) is 3.41. The molecule has 5 heteroatoms. The lowest BCUT2D eigenvalue weighted by atomic mass is 9.99. The van der Waals surface area contributed by atoms with Gasteiger partial charge in [0.1, 0.15) is 5.75 Å². The van der Waals surface area contributed by atoms with E-state index in [4.69, 9.17) is 5.11 Å². The number of benzene rings is 1. The van der Waals surface area contributed by atoms with Crippen molar-refractivity contribution in [1.29, 1.82) is 0 Å². The highest BCUT2D eigenvalue weighted by atomic mass is 19.3. The van der Waals surface area contributed by atoms with E-state index < -0.39 is 12.1 Å². The zero-order valence-electron chi connectivity index (χ0n) is 9.61. The first-order valence-corrected chi connectivity index (χ1v) is 5.27. The van der Waals surface area contributed by atoms with Crippen molar-refractivity contribution in [3.63, 3.8) is 0 Å². The lowest BCUT2D eigenvalue weighted by Crippen LogP contribution is -2.34. The Bertz CT molecular complexity index is 387. The molecule has 0 saturated carbocycles. The van der Waals surface area contributed by atoms with Crippen molar-refractivity contribution < 1.29 is 23.4 Å². The molecule has 0 bridgehead atoms. The number of aliphatic carboxylic acids is 1. The summed E-state index contributed by atoms with van der Waals surface area (Å²) in [5.41, 5.74) is 0.999. The Labute approximate surface area is 98.0 Å². The maximum atomic E-state index is 12.7. The van der Waals surface area contributed by atoms with Gasteiger partial charge in [-0.25, -0.2) is 4.79 Å². The molecule has 1 aromatic carbocycles. The molecule has 0 amide bonds. The van der Waals surface area contributed by atoms with Gasteiger partial charge in [-0.1, -0.05) is 26.0 Å². The van der Waals surface area contributed by atoms with Crippen LogP contribution in [0.15, 0.2) is 24.3 Å². The van der Waals surface area contributed by atoms with E-state index in [9.17, 15) is 13.6 Å². The molecule has 17 heavy (non-hydrogen) atoms. The van der Waals surface area contributed by atoms with Crippen LogP contribution in [-0.4, -0.2) is 17.2 Å². The molecule has 0 saturated heterocycles. The molecular formula is C12H14F2O3. The molecule has 0 spiro atoms. The van der Waals surface area contributed by atoms with E-state index in [1.807, 2.05) is 13.8 Å². The molecule has 0 aliphatic carbocycles. The molecular weight excluding hydrogens is 230 g/mol. The Balaban J connectivity index is 2.79. The highest BCUT2D eigenvalue weighted by Gasteiger charge is 2.42. The third-order valence-corrected chi connectivity index (χ3v) is 2.56. The Morgan fingerprint density at radius 2 is 1.94 bits per heavy atom. The molecule has 0 fully saturated rings. The van der Waals surface area contributed by atoms with Gasteiger partial charge in [0, 0.05) is 0 Å². The number of carbonyl (C=O) groups is 1. The lowest BCUT2D eigenvalue weighted by Gasteiger charge is -2.14. The van der Waals surface area contributed by atoms with Crippen LogP contribution in [0.25, 0.3) is 0 Å². The van der Waals surface area contributed by atoms with Crippen molar-refractivity contribution in [3.8, 4) is 5.75 Å². The summed E-state index contributed by atoms with van der Waals surface area (Å²) in [6.45, 7) is 4.04. The summed E-state index contributed by atoms with van der Waals surface area (Å²) in [6, 6.07) is 6.00. The van der Waals surface area contributed by atoms with Gasteiger partial charge < -0.3 is 9.84 Å². The van der Waals surface area contributed by atoms with Crippen molar-refractivity contribution in [2.75, 3.05) is 0 Å². The lowest BCUT2D eigenvalue weighted by molar-refractivity contribution is -0.210. The summed E-state index contributed by atoms with van der Waals surface area (Å²) in [6.07, 6.45) is -3.26. The molecule has 0 aromatic heterocycles. The number of rotatable bonds is 5. The van der Waals surface area contributed by atoms with Crippen LogP contribution >= 0.6 is 0 Å². The first kappa shape index (κ1) is 13.4. The number of hydrogen-bond acceptors (Lipinski definition) is 2. The van der Waals surface area contributed by atoms with Gasteiger partial charge in [0.25, 0.3) is 0 Å². The normalized spacial score (nSPS) is 13.2. The van der Waals surface area contributed by atoms with Crippen LogP contribution in [0.4, 0.5) is 8.78 Å². The molecule has 1 atom stereocenters. The second-order valence-electron chi connectivity index (χ2n) is 3.80. The Morgan fingerprint density at radius 3 is 2.35 bits per heavy atom. The Kier molecular flexibility index (Phi) is 4.04. The summed E-state index contributed by atoms with van der Waals surface area (Å²) in [7, 11) is 0. The maximum Gasteiger partial charge on any atom is 0.501 e. The number of carboxylic acid groups (broad SMARTS) is 1. The number of ether oxygens (including phenoxy) is 1. The number of hydrogen-bond donors (Lipinski definition) is 1. The van der Waals surface area contributed by atoms with Crippen molar-refractivity contribution in [2.24, 2.45) is 0 Å². The third-order valence-electron chi connectivity index (χ3n) is 2.56. The molecule has 3 nitrogen and oxygen atoms in total. The van der Waals surface area contributed by atoms with Gasteiger partial charge in [0.05, 0.1) is 0 Å². The van der Waals surface area contributed by atoms with Crippen LogP contribution in [0.3, 0.4) is 0 Å². The van der Waals surface area contributed by atoms with E-state index in [1.165, 1.54) is 12.1 Å². The van der Waals surface area contributed by atoms with E-state index in [1.54, 1.807) is 12.1 Å². The van der Waals surface area contributed by atoms with E-state index in [0.717, 1.165) is 12.0 Å². The molecule has 1 unspecified atom stereocenters. The van der Waals surface area contributed by atoms with Gasteiger partial charge >= 0.3 is 12.1 Å². The van der Waals surface area contributed by atoms with E-state index >= 15 is 0 Å². The van der Waals surface area contributed by atoms with Gasteiger partial charge in [-0.3, -0.25) is 0 Å². The summed E-state index contributed by atoms with van der Waals surface area (Å²) in [5, 5.41) is 8.21. The maximum absolute atomic E-state index is 12.7. The zero-order valence-corrected chi connectivity index (χ0v) is 9.61. The van der Waals surface area contributed by atoms with Crippen LogP contribution in [-0.2, 0) is 4.79 Å². The van der Waals surface area contributed by atoms with Crippen LogP contribution in [0.1, 0.15) is 31.7 Å². The molecule has 94 valence electrons. The highest BCUT2D eigenvalue weighted by molar-refractivity contribution is 5.73. The minimum absolute atomic E-state index is 0.163. The average Bonchev–Trinajstić information content (AvgIpc) is 2.28. The van der Waals surface area contributed by atoms with Gasteiger partial charge in [-0.15, -0.1) is 0 Å².